The van der Waals surface area contributed by atoms with Crippen LogP contribution in [0.1, 0.15) is 16.2 Å². The Balaban J connectivity index is 1.53. The van der Waals surface area contributed by atoms with Crippen molar-refractivity contribution in [2.45, 2.75) is 13.5 Å². The number of ether oxygens (including phenoxy) is 1. The van der Waals surface area contributed by atoms with Gasteiger partial charge in [-0.05, 0) is 31.2 Å². The summed E-state index contributed by atoms with van der Waals surface area (Å²) in [5, 5.41) is 11.9. The summed E-state index contributed by atoms with van der Waals surface area (Å²) in [5.74, 6) is 0.174. The molecule has 144 valence electrons. The van der Waals surface area contributed by atoms with Gasteiger partial charge in [-0.3, -0.25) is 9.48 Å². The average molecular weight is 379 g/mol. The first-order chi connectivity index (χ1) is 13.5. The van der Waals surface area contributed by atoms with Crippen LogP contribution in [0.5, 0.6) is 0 Å². The summed E-state index contributed by atoms with van der Waals surface area (Å²) in [4.78, 5) is 12.5. The van der Waals surface area contributed by atoms with Gasteiger partial charge in [0.25, 0.3) is 5.91 Å². The monoisotopic (exact) mass is 379 g/mol. The zero-order chi connectivity index (χ0) is 19.7. The molecule has 0 fully saturated rings. The van der Waals surface area contributed by atoms with E-state index in [4.69, 9.17) is 9.26 Å². The predicted octanol–water partition coefficient (Wildman–Crippen LogP) is 3.24. The van der Waals surface area contributed by atoms with Crippen LogP contribution in [0.4, 0.5) is 5.69 Å². The zero-order valence-corrected chi connectivity index (χ0v) is 16.0. The largest absolute Gasteiger partial charge is 0.383 e. The van der Waals surface area contributed by atoms with Gasteiger partial charge in [-0.15, -0.1) is 0 Å². The summed E-state index contributed by atoms with van der Waals surface area (Å²) in [6.07, 6.45) is 3.46. The molecule has 28 heavy (non-hydrogen) atoms. The highest BCUT2D eigenvalue weighted by Crippen LogP contribution is 2.24. The molecule has 8 nitrogen and oxygen atoms in total. The number of hydrogen-bond acceptors (Lipinski definition) is 5. The molecule has 0 aliphatic carbocycles. The van der Waals surface area contributed by atoms with E-state index in [9.17, 15) is 4.79 Å². The van der Waals surface area contributed by atoms with Crippen molar-refractivity contribution < 1.29 is 14.1 Å². The van der Waals surface area contributed by atoms with Crippen molar-refractivity contribution in [3.63, 3.8) is 0 Å². The molecule has 0 unspecified atom stereocenters. The molecule has 0 bridgehead atoms. The number of hydrogen-bond donors (Lipinski definition) is 1. The summed E-state index contributed by atoms with van der Waals surface area (Å²) in [5.41, 5.74) is 3.93. The minimum atomic E-state index is -0.325. The maximum atomic E-state index is 12.5. The Labute approximate surface area is 161 Å². The van der Waals surface area contributed by atoms with E-state index in [0.29, 0.717) is 18.1 Å². The smallest absolute Gasteiger partial charge is 0.277 e. The van der Waals surface area contributed by atoms with Crippen molar-refractivity contribution in [2.24, 2.45) is 7.05 Å². The van der Waals surface area contributed by atoms with E-state index in [1.165, 1.54) is 0 Å². The molecule has 1 amide bonds. The molecular formula is C20H21N5O3. The number of amides is 1. The number of carbonyl (C=O) groups is 1. The van der Waals surface area contributed by atoms with Crippen LogP contribution in [0.2, 0.25) is 0 Å². The van der Waals surface area contributed by atoms with Crippen molar-refractivity contribution in [3.05, 3.63) is 54.1 Å². The minimum Gasteiger partial charge on any atom is -0.383 e. The molecule has 0 atom stereocenters. The predicted molar refractivity (Wildman–Crippen MR) is 105 cm³/mol. The molecule has 4 rings (SSSR count). The maximum Gasteiger partial charge on any atom is 0.277 e. The van der Waals surface area contributed by atoms with E-state index in [1.54, 1.807) is 30.3 Å². The number of rotatable bonds is 6. The second kappa shape index (κ2) is 7.32. The lowest BCUT2D eigenvalue weighted by atomic mass is 10.2. The number of aromatic nitrogens is 4. The maximum absolute atomic E-state index is 12.5. The number of methoxy groups -OCH3 is 1. The lowest BCUT2D eigenvalue weighted by molar-refractivity contribution is 0.101. The molecule has 1 N–H and O–H groups in total. The molecule has 0 aliphatic rings. The molecule has 0 radical (unpaired) electrons. The molecule has 0 saturated carbocycles. The van der Waals surface area contributed by atoms with Gasteiger partial charge in [0.1, 0.15) is 0 Å². The first-order valence-corrected chi connectivity index (χ1v) is 8.91. The third-order valence-corrected chi connectivity index (χ3v) is 4.62. The zero-order valence-electron chi connectivity index (χ0n) is 16.0. The Kier molecular flexibility index (Phi) is 4.70. The number of fused-ring (bicyclic) bond motifs is 1. The second-order valence-corrected chi connectivity index (χ2v) is 6.64. The molecule has 1 aromatic carbocycles. The van der Waals surface area contributed by atoms with Crippen LogP contribution in [0.25, 0.3) is 22.2 Å². The average Bonchev–Trinajstić information content (AvgIpc) is 3.38. The van der Waals surface area contributed by atoms with Crippen LogP contribution < -0.4 is 5.32 Å². The highest BCUT2D eigenvalue weighted by molar-refractivity contribution is 6.04. The fourth-order valence-corrected chi connectivity index (χ4v) is 3.23. The minimum absolute atomic E-state index is 0.216. The van der Waals surface area contributed by atoms with Gasteiger partial charge in [0, 0.05) is 55.2 Å². The van der Waals surface area contributed by atoms with Crippen LogP contribution in [0.15, 0.2) is 47.2 Å². The second-order valence-electron chi connectivity index (χ2n) is 6.64. The first-order valence-electron chi connectivity index (χ1n) is 8.91. The Morgan fingerprint density at radius 2 is 2.14 bits per heavy atom. The Hall–Kier alpha value is -3.39. The van der Waals surface area contributed by atoms with E-state index < -0.39 is 0 Å². The third-order valence-electron chi connectivity index (χ3n) is 4.62. The van der Waals surface area contributed by atoms with Gasteiger partial charge in [-0.2, -0.15) is 5.10 Å². The van der Waals surface area contributed by atoms with Gasteiger partial charge in [0.15, 0.2) is 11.5 Å². The van der Waals surface area contributed by atoms with Gasteiger partial charge < -0.3 is 19.1 Å². The standard InChI is InChI=1S/C20H21N5O3/c1-13-8-14-9-16(4-5-18(14)25(13)6-7-27-3)22-20(26)17-10-19(28-23-17)15-11-21-24(2)12-15/h4-5,8-12H,6-7H2,1-3H3,(H,22,26). The lowest BCUT2D eigenvalue weighted by Gasteiger charge is -2.08. The lowest BCUT2D eigenvalue weighted by Crippen LogP contribution is -2.12. The molecule has 3 heterocycles. The van der Waals surface area contributed by atoms with Crippen molar-refractivity contribution >= 4 is 22.5 Å². The van der Waals surface area contributed by atoms with Crippen molar-refractivity contribution in [1.82, 2.24) is 19.5 Å². The van der Waals surface area contributed by atoms with Crippen LogP contribution in [-0.4, -0.2) is 39.1 Å². The molecule has 3 aromatic heterocycles. The van der Waals surface area contributed by atoms with Crippen LogP contribution in [-0.2, 0) is 18.3 Å². The van der Waals surface area contributed by atoms with Gasteiger partial charge in [-0.25, -0.2) is 0 Å². The van der Waals surface area contributed by atoms with E-state index >= 15 is 0 Å². The highest BCUT2D eigenvalue weighted by Gasteiger charge is 2.15. The number of benzene rings is 1. The Bertz CT molecular complexity index is 1140. The number of nitrogens with one attached hydrogen (secondary N) is 1. The highest BCUT2D eigenvalue weighted by atomic mass is 16.5. The normalized spacial score (nSPS) is 11.2. The fourth-order valence-electron chi connectivity index (χ4n) is 3.23. The molecule has 0 saturated heterocycles. The van der Waals surface area contributed by atoms with E-state index in [0.717, 1.165) is 28.7 Å². The van der Waals surface area contributed by atoms with Crippen molar-refractivity contribution in [2.75, 3.05) is 19.0 Å². The molecule has 8 heteroatoms. The quantitative estimate of drug-likeness (QED) is 0.556. The Morgan fingerprint density at radius 1 is 1.29 bits per heavy atom. The van der Waals surface area contributed by atoms with Gasteiger partial charge >= 0.3 is 0 Å². The van der Waals surface area contributed by atoms with Crippen molar-refractivity contribution in [3.8, 4) is 11.3 Å². The Morgan fingerprint density at radius 3 is 2.89 bits per heavy atom. The van der Waals surface area contributed by atoms with E-state index in [1.807, 2.05) is 25.2 Å². The van der Waals surface area contributed by atoms with Crippen LogP contribution in [0.3, 0.4) is 0 Å². The molecular weight excluding hydrogens is 358 g/mol. The molecule has 0 spiro atoms. The van der Waals surface area contributed by atoms with Crippen molar-refractivity contribution in [1.29, 1.82) is 0 Å². The molecule has 0 aliphatic heterocycles. The number of anilines is 1. The molecule has 4 aromatic rings. The topological polar surface area (TPSA) is 87.1 Å². The SMILES string of the molecule is COCCn1c(C)cc2cc(NC(=O)c3cc(-c4cnn(C)c4)on3)ccc21. The number of aryl methyl sites for hydroxylation is 2. The summed E-state index contributed by atoms with van der Waals surface area (Å²) < 4.78 is 14.3. The third kappa shape index (κ3) is 3.41. The first kappa shape index (κ1) is 18.0. The number of carbonyl (C=O) groups excluding carboxylic acids is 1. The van der Waals surface area contributed by atoms with Gasteiger partial charge in [0.05, 0.1) is 18.4 Å². The van der Waals surface area contributed by atoms with E-state index in [-0.39, 0.29) is 11.6 Å². The van der Waals surface area contributed by atoms with Crippen LogP contribution >= 0.6 is 0 Å². The summed E-state index contributed by atoms with van der Waals surface area (Å²) in [6.45, 7) is 3.49. The van der Waals surface area contributed by atoms with Gasteiger partial charge in [0.2, 0.25) is 0 Å². The summed E-state index contributed by atoms with van der Waals surface area (Å²) in [6, 6.07) is 9.53. The van der Waals surface area contributed by atoms with E-state index in [2.05, 4.69) is 33.1 Å². The summed E-state index contributed by atoms with van der Waals surface area (Å²) >= 11 is 0. The fraction of sp³-hybridized carbons (Fsp3) is 0.250. The van der Waals surface area contributed by atoms with Crippen LogP contribution in [0, 0.1) is 6.92 Å². The number of nitrogens with zero attached hydrogens (tertiary/aromatic N) is 4. The summed E-state index contributed by atoms with van der Waals surface area (Å²) in [7, 11) is 3.51. The van der Waals surface area contributed by atoms with Gasteiger partial charge in [-0.1, -0.05) is 5.16 Å².